The monoisotopic (exact) mass is 537 g/mol. The lowest BCUT2D eigenvalue weighted by atomic mass is 9.84. The van der Waals surface area contributed by atoms with Crippen LogP contribution in [0.15, 0.2) is 48.6 Å². The summed E-state index contributed by atoms with van der Waals surface area (Å²) in [5.41, 5.74) is 8.29. The number of benzene rings is 2. The molecule has 1 aromatic heterocycles. The fraction of sp³-hybridized carbons (Fsp3) is 0.333. The van der Waals surface area contributed by atoms with Gasteiger partial charge in [0, 0.05) is 11.6 Å². The average molecular weight is 538 g/mol. The van der Waals surface area contributed by atoms with Gasteiger partial charge in [-0.05, 0) is 67.3 Å². The molecule has 0 saturated heterocycles. The van der Waals surface area contributed by atoms with Gasteiger partial charge in [0.1, 0.15) is 0 Å². The van der Waals surface area contributed by atoms with Gasteiger partial charge < -0.3 is 16.4 Å². The summed E-state index contributed by atoms with van der Waals surface area (Å²) in [6.07, 6.45) is 5.80. The maximum Gasteiger partial charge on any atom is 0.321 e. The van der Waals surface area contributed by atoms with Crippen LogP contribution in [0.4, 0.5) is 15.6 Å². The Bertz CT molecular complexity index is 1400. The highest BCUT2D eigenvalue weighted by atomic mass is 35.5. The van der Waals surface area contributed by atoms with Gasteiger partial charge in [-0.3, -0.25) is 14.9 Å². The highest BCUT2D eigenvalue weighted by Crippen LogP contribution is 2.42. The Balaban J connectivity index is 1.29. The summed E-state index contributed by atoms with van der Waals surface area (Å²) < 4.78 is 0.749. The Kier molecular flexibility index (Phi) is 6.92. The van der Waals surface area contributed by atoms with Crippen LogP contribution < -0.4 is 21.7 Å². The number of nitrogens with two attached hydrogens (primary N) is 1. The first-order valence-corrected chi connectivity index (χ1v) is 13.4. The van der Waals surface area contributed by atoms with Crippen molar-refractivity contribution in [1.29, 1.82) is 0 Å². The first kappa shape index (κ1) is 25.2. The number of hydrogen-bond acceptors (Lipinski definition) is 5. The molecule has 0 radical (unpaired) electrons. The molecule has 2 bridgehead atoms. The molecular weight excluding hydrogens is 510 g/mol. The lowest BCUT2D eigenvalue weighted by Gasteiger charge is -2.29. The molecule has 2 aromatic carbocycles. The molecule has 4 amide bonds. The summed E-state index contributed by atoms with van der Waals surface area (Å²) in [4.78, 5) is 42.5. The molecule has 5 rings (SSSR count). The van der Waals surface area contributed by atoms with E-state index >= 15 is 0 Å². The summed E-state index contributed by atoms with van der Waals surface area (Å²) in [5, 5.41) is 9.49. The summed E-state index contributed by atoms with van der Waals surface area (Å²) in [6.45, 7) is 4.02. The number of anilines is 2. The summed E-state index contributed by atoms with van der Waals surface area (Å²) in [5.74, 6) is -0.360. The van der Waals surface area contributed by atoms with E-state index in [9.17, 15) is 14.4 Å². The standard InChI is InChI=1S/C27H28ClN5O3S/c1-13-4-3-5-18(28)23(13)32-25(35)17-8-9-19-21(12-17)37-27(31-19)33-26(36)30-20-10-14(2)15-6-7-16(11-15)22(20)24(29)34/h3-9,12,14-16,20,22H,10-11H2,1-2H3,(H2,29,34)(H,32,35)(H2,30,31,33,36)/t14-,15+,16+,20-,22+/m1/s1. The number of halogens is 1. The van der Waals surface area contributed by atoms with Crippen LogP contribution in [0.2, 0.25) is 5.02 Å². The Morgan fingerprint density at radius 2 is 1.86 bits per heavy atom. The quantitative estimate of drug-likeness (QED) is 0.328. The zero-order chi connectivity index (χ0) is 26.3. The molecule has 8 nitrogen and oxygen atoms in total. The van der Waals surface area contributed by atoms with Crippen LogP contribution in [0.3, 0.4) is 0 Å². The summed E-state index contributed by atoms with van der Waals surface area (Å²) in [7, 11) is 0. The van der Waals surface area contributed by atoms with Gasteiger partial charge in [0.25, 0.3) is 5.91 Å². The number of nitrogens with one attached hydrogen (secondary N) is 3. The van der Waals surface area contributed by atoms with Crippen LogP contribution in [0, 0.1) is 30.6 Å². The van der Waals surface area contributed by atoms with Gasteiger partial charge in [-0.1, -0.05) is 54.1 Å². The molecule has 2 aliphatic carbocycles. The Morgan fingerprint density at radius 1 is 1.08 bits per heavy atom. The number of aryl methyl sites for hydroxylation is 1. The highest BCUT2D eigenvalue weighted by Gasteiger charge is 2.42. The second kappa shape index (κ2) is 10.1. The molecule has 1 fully saturated rings. The van der Waals surface area contributed by atoms with Crippen LogP contribution in [-0.4, -0.2) is 28.9 Å². The third kappa shape index (κ3) is 5.19. The van der Waals surface area contributed by atoms with Crippen LogP contribution in [0.5, 0.6) is 0 Å². The first-order valence-electron chi connectivity index (χ1n) is 12.2. The minimum atomic E-state index is -0.449. The molecule has 0 unspecified atom stereocenters. The minimum absolute atomic E-state index is 0.0410. The molecule has 10 heteroatoms. The number of fused-ring (bicyclic) bond motifs is 3. The van der Waals surface area contributed by atoms with Gasteiger partial charge in [-0.15, -0.1) is 0 Å². The summed E-state index contributed by atoms with van der Waals surface area (Å²) >= 11 is 7.51. The smallest absolute Gasteiger partial charge is 0.321 e. The molecule has 2 aliphatic rings. The second-order valence-corrected chi connectivity index (χ2v) is 11.3. The number of aromatic nitrogens is 1. The van der Waals surface area contributed by atoms with Crippen LogP contribution in [0.25, 0.3) is 10.2 Å². The van der Waals surface area contributed by atoms with Crippen molar-refractivity contribution < 1.29 is 14.4 Å². The number of allylic oxidation sites excluding steroid dienone is 2. The van der Waals surface area contributed by atoms with E-state index in [1.807, 2.05) is 19.1 Å². The third-order valence-electron chi connectivity index (χ3n) is 7.38. The van der Waals surface area contributed by atoms with Crippen molar-refractivity contribution in [3.05, 3.63) is 64.7 Å². The van der Waals surface area contributed by atoms with Gasteiger partial charge >= 0.3 is 6.03 Å². The number of carbonyl (C=O) groups excluding carboxylic acids is 3. The van der Waals surface area contributed by atoms with Crippen molar-refractivity contribution in [3.63, 3.8) is 0 Å². The second-order valence-electron chi connectivity index (χ2n) is 9.88. The van der Waals surface area contributed by atoms with Crippen LogP contribution in [-0.2, 0) is 4.79 Å². The zero-order valence-electron chi connectivity index (χ0n) is 20.5. The number of urea groups is 1. The van der Waals surface area contributed by atoms with Crippen molar-refractivity contribution in [2.75, 3.05) is 10.6 Å². The number of para-hydroxylation sites is 1. The first-order chi connectivity index (χ1) is 17.7. The van der Waals surface area contributed by atoms with Gasteiger partial charge in [0.05, 0.1) is 26.8 Å². The maximum absolute atomic E-state index is 12.9. The fourth-order valence-electron chi connectivity index (χ4n) is 5.42. The van der Waals surface area contributed by atoms with Crippen molar-refractivity contribution in [2.24, 2.45) is 29.4 Å². The molecular formula is C27H28ClN5O3S. The van der Waals surface area contributed by atoms with Crippen molar-refractivity contribution in [2.45, 2.75) is 32.7 Å². The van der Waals surface area contributed by atoms with Gasteiger partial charge in [-0.2, -0.15) is 0 Å². The van der Waals surface area contributed by atoms with E-state index in [4.69, 9.17) is 17.3 Å². The molecule has 5 atom stereocenters. The van der Waals surface area contributed by atoms with Gasteiger partial charge in [0.15, 0.2) is 5.13 Å². The summed E-state index contributed by atoms with van der Waals surface area (Å²) in [6, 6.07) is 9.79. The zero-order valence-corrected chi connectivity index (χ0v) is 22.0. The SMILES string of the molecule is Cc1cccc(Cl)c1NC(=O)c1ccc2nc(NC(=O)N[C@@H]3C[C@@H](C)[C@H]4C=C[C@@H](C4)[C@@H]3C(N)=O)sc2c1. The van der Waals surface area contributed by atoms with E-state index in [1.54, 1.807) is 24.3 Å². The largest absolute Gasteiger partial charge is 0.369 e. The molecule has 0 aliphatic heterocycles. The van der Waals surface area contributed by atoms with Crippen molar-refractivity contribution >= 4 is 61.8 Å². The topological polar surface area (TPSA) is 126 Å². The number of thiazole rings is 1. The number of rotatable bonds is 5. The van der Waals surface area contributed by atoms with Crippen molar-refractivity contribution in [3.8, 4) is 0 Å². The minimum Gasteiger partial charge on any atom is -0.369 e. The Morgan fingerprint density at radius 3 is 2.62 bits per heavy atom. The van der Waals surface area contributed by atoms with E-state index in [-0.39, 0.29) is 17.9 Å². The van der Waals surface area contributed by atoms with E-state index in [2.05, 4.69) is 40.0 Å². The predicted octanol–water partition coefficient (Wildman–Crippen LogP) is 5.33. The maximum atomic E-state index is 12.9. The third-order valence-corrected chi connectivity index (χ3v) is 8.63. The molecule has 3 aromatic rings. The Hall–Kier alpha value is -3.43. The lowest BCUT2D eigenvalue weighted by molar-refractivity contribution is -0.123. The molecule has 192 valence electrons. The number of nitrogens with zero attached hydrogens (tertiary/aromatic N) is 1. The lowest BCUT2D eigenvalue weighted by Crippen LogP contribution is -2.49. The molecule has 37 heavy (non-hydrogen) atoms. The van der Waals surface area contributed by atoms with E-state index in [0.717, 1.165) is 16.7 Å². The number of carbonyl (C=O) groups is 3. The fourth-order valence-corrected chi connectivity index (χ4v) is 6.59. The number of primary amides is 1. The molecule has 0 spiro atoms. The van der Waals surface area contributed by atoms with Gasteiger partial charge in [0.2, 0.25) is 5.91 Å². The van der Waals surface area contributed by atoms with E-state index in [0.29, 0.717) is 45.2 Å². The molecule has 5 N–H and O–H groups in total. The highest BCUT2D eigenvalue weighted by molar-refractivity contribution is 7.22. The number of hydrogen-bond donors (Lipinski definition) is 4. The normalized spacial score (nSPS) is 24.5. The number of amides is 4. The Labute approximate surface area is 223 Å². The average Bonchev–Trinajstić information content (AvgIpc) is 3.44. The van der Waals surface area contributed by atoms with Gasteiger partial charge in [-0.25, -0.2) is 9.78 Å². The van der Waals surface area contributed by atoms with E-state index < -0.39 is 17.9 Å². The molecule has 1 saturated carbocycles. The van der Waals surface area contributed by atoms with Crippen LogP contribution >= 0.6 is 22.9 Å². The predicted molar refractivity (Wildman–Crippen MR) is 147 cm³/mol. The van der Waals surface area contributed by atoms with E-state index in [1.165, 1.54) is 11.3 Å². The van der Waals surface area contributed by atoms with Crippen LogP contribution in [0.1, 0.15) is 35.7 Å². The van der Waals surface area contributed by atoms with Crippen molar-refractivity contribution in [1.82, 2.24) is 10.3 Å². The molecule has 1 heterocycles.